The molecule has 0 radical (unpaired) electrons. The van der Waals surface area contributed by atoms with Crippen molar-refractivity contribution in [2.45, 2.75) is 95.4 Å². The smallest absolute Gasteiger partial charge is 0.330 e. The predicted octanol–water partition coefficient (Wildman–Crippen LogP) is 3.86. The van der Waals surface area contributed by atoms with Gasteiger partial charge in [0.25, 0.3) is 11.8 Å². The van der Waals surface area contributed by atoms with E-state index in [1.807, 2.05) is 12.1 Å². The molecular formula is C42H48N4O10. The van der Waals surface area contributed by atoms with Crippen LogP contribution in [0.1, 0.15) is 81.0 Å². The molecule has 3 aromatic carbocycles. The maximum atomic E-state index is 14.0. The van der Waals surface area contributed by atoms with Gasteiger partial charge in [0, 0.05) is 12.8 Å². The van der Waals surface area contributed by atoms with E-state index in [-0.39, 0.29) is 31.1 Å². The maximum absolute atomic E-state index is 14.0. The SMILES string of the molecule is CCCC(NC(=O)[C@@H]1Cc2cccc(c2)Oc2ccc(cc2)CCC(=O)N[C@@H](C2CCCCC2)C(=O)O1)C(=O)C(=O)NCC(=O)N[C@H](C(=O)O)c1ccccc1. The molecule has 56 heavy (non-hydrogen) atoms. The molecule has 2 heterocycles. The summed E-state index contributed by atoms with van der Waals surface area (Å²) in [4.78, 5) is 92.1. The minimum absolute atomic E-state index is 0.0443. The molecule has 14 heteroatoms. The van der Waals surface area contributed by atoms with Crippen LogP contribution in [0.15, 0.2) is 78.9 Å². The summed E-state index contributed by atoms with van der Waals surface area (Å²) in [6, 6.07) is 18.5. The minimum atomic E-state index is -1.47. The van der Waals surface area contributed by atoms with E-state index in [0.29, 0.717) is 48.3 Å². The van der Waals surface area contributed by atoms with Crippen LogP contribution in [0.3, 0.4) is 0 Å². The van der Waals surface area contributed by atoms with E-state index in [0.717, 1.165) is 24.8 Å². The molecule has 0 saturated heterocycles. The monoisotopic (exact) mass is 768 g/mol. The van der Waals surface area contributed by atoms with E-state index >= 15 is 0 Å². The normalized spacial score (nSPS) is 18.8. The van der Waals surface area contributed by atoms with Gasteiger partial charge in [-0.15, -0.1) is 0 Å². The van der Waals surface area contributed by atoms with Gasteiger partial charge in [0.05, 0.1) is 12.6 Å². The zero-order valence-corrected chi connectivity index (χ0v) is 31.3. The number of carbonyl (C=O) groups is 7. The molecule has 4 atom stereocenters. The van der Waals surface area contributed by atoms with Crippen molar-refractivity contribution in [3.8, 4) is 11.5 Å². The first kappa shape index (κ1) is 41.1. The van der Waals surface area contributed by atoms with Crippen LogP contribution in [0.25, 0.3) is 0 Å². The number of ether oxygens (including phenoxy) is 2. The summed E-state index contributed by atoms with van der Waals surface area (Å²) in [5.41, 5.74) is 1.81. The van der Waals surface area contributed by atoms with Crippen LogP contribution in [0, 0.1) is 5.92 Å². The number of aliphatic carboxylic acids is 1. The Kier molecular flexibility index (Phi) is 14.7. The highest BCUT2D eigenvalue weighted by molar-refractivity contribution is 6.38. The lowest BCUT2D eigenvalue weighted by molar-refractivity contribution is -0.160. The van der Waals surface area contributed by atoms with E-state index in [1.54, 1.807) is 61.5 Å². The number of hydrogen-bond donors (Lipinski definition) is 5. The molecule has 1 aliphatic carbocycles. The lowest BCUT2D eigenvalue weighted by Gasteiger charge is -2.31. The van der Waals surface area contributed by atoms with Crippen molar-refractivity contribution in [3.05, 3.63) is 95.6 Å². The molecule has 2 aliphatic heterocycles. The lowest BCUT2D eigenvalue weighted by Crippen LogP contribution is -2.53. The number of Topliss-reactive ketones (excluding diaryl/α,β-unsaturated/α-hetero) is 1. The number of ketones is 1. The number of esters is 1. The Morgan fingerprint density at radius 2 is 1.57 bits per heavy atom. The summed E-state index contributed by atoms with van der Waals surface area (Å²) < 4.78 is 12.0. The van der Waals surface area contributed by atoms with Gasteiger partial charge in [0.15, 0.2) is 12.1 Å². The number of benzene rings is 3. The van der Waals surface area contributed by atoms with Gasteiger partial charge < -0.3 is 35.8 Å². The number of rotatable bonds is 12. The lowest BCUT2D eigenvalue weighted by atomic mass is 9.83. The van der Waals surface area contributed by atoms with Gasteiger partial charge in [-0.25, -0.2) is 9.59 Å². The van der Waals surface area contributed by atoms with Gasteiger partial charge in [-0.05, 0) is 72.6 Å². The number of carboxylic acid groups (broad SMARTS) is 1. The highest BCUT2D eigenvalue weighted by atomic mass is 16.5. The Morgan fingerprint density at radius 3 is 2.27 bits per heavy atom. The Hall–Kier alpha value is -6.05. The maximum Gasteiger partial charge on any atom is 0.330 e. The van der Waals surface area contributed by atoms with Crippen LogP contribution in [-0.2, 0) is 51.1 Å². The van der Waals surface area contributed by atoms with Crippen molar-refractivity contribution in [2.24, 2.45) is 5.92 Å². The summed E-state index contributed by atoms with van der Waals surface area (Å²) in [7, 11) is 0. The molecule has 0 aromatic heterocycles. The van der Waals surface area contributed by atoms with Gasteiger partial charge in [0.1, 0.15) is 17.5 Å². The van der Waals surface area contributed by atoms with E-state index in [1.165, 1.54) is 12.1 Å². The Bertz CT molecular complexity index is 1880. The van der Waals surface area contributed by atoms with Crippen molar-refractivity contribution in [1.82, 2.24) is 21.3 Å². The van der Waals surface area contributed by atoms with Gasteiger partial charge >= 0.3 is 11.9 Å². The number of amides is 4. The summed E-state index contributed by atoms with van der Waals surface area (Å²) in [6.45, 7) is 1.05. The molecule has 14 nitrogen and oxygen atoms in total. The van der Waals surface area contributed by atoms with Crippen molar-refractivity contribution in [3.63, 3.8) is 0 Å². The van der Waals surface area contributed by atoms with Crippen molar-refractivity contribution >= 4 is 41.4 Å². The van der Waals surface area contributed by atoms with Crippen LogP contribution in [-0.4, -0.2) is 71.2 Å². The third kappa shape index (κ3) is 11.7. The molecule has 1 unspecified atom stereocenters. The second-order valence-electron chi connectivity index (χ2n) is 14.1. The fraction of sp³-hybridized carbons (Fsp3) is 0.405. The fourth-order valence-corrected chi connectivity index (χ4v) is 6.93. The van der Waals surface area contributed by atoms with E-state index in [9.17, 15) is 38.7 Å². The molecule has 4 bridgehead atoms. The quantitative estimate of drug-likeness (QED) is 0.133. The molecule has 0 spiro atoms. The summed E-state index contributed by atoms with van der Waals surface area (Å²) in [5.74, 6) is -5.49. The van der Waals surface area contributed by atoms with E-state index in [4.69, 9.17) is 9.47 Å². The molecule has 296 valence electrons. The second-order valence-corrected chi connectivity index (χ2v) is 14.1. The Labute approximate surface area is 325 Å². The molecule has 6 rings (SSSR count). The third-order valence-corrected chi connectivity index (χ3v) is 9.89. The average Bonchev–Trinajstić information content (AvgIpc) is 3.20. The number of fused-ring (bicyclic) bond motifs is 10. The molecule has 3 aromatic rings. The summed E-state index contributed by atoms with van der Waals surface area (Å²) >= 11 is 0. The third-order valence-electron chi connectivity index (χ3n) is 9.89. The van der Waals surface area contributed by atoms with E-state index < -0.39 is 66.2 Å². The van der Waals surface area contributed by atoms with Crippen molar-refractivity contribution in [2.75, 3.05) is 6.54 Å². The Balaban J connectivity index is 1.33. The average molecular weight is 769 g/mol. The molecular weight excluding hydrogens is 720 g/mol. The first-order valence-corrected chi connectivity index (χ1v) is 19.1. The number of hydrogen-bond acceptors (Lipinski definition) is 9. The Morgan fingerprint density at radius 1 is 0.839 bits per heavy atom. The molecule has 5 N–H and O–H groups in total. The summed E-state index contributed by atoms with van der Waals surface area (Å²) in [6.07, 6.45) is 3.54. The van der Waals surface area contributed by atoms with Crippen molar-refractivity contribution < 1.29 is 48.1 Å². The minimum Gasteiger partial charge on any atom is -0.479 e. The van der Waals surface area contributed by atoms with Gasteiger partial charge in [-0.3, -0.25) is 24.0 Å². The first-order valence-electron chi connectivity index (χ1n) is 19.1. The largest absolute Gasteiger partial charge is 0.479 e. The highest BCUT2D eigenvalue weighted by Gasteiger charge is 2.37. The number of nitrogens with one attached hydrogen (secondary N) is 4. The van der Waals surface area contributed by atoms with Crippen molar-refractivity contribution in [1.29, 1.82) is 0 Å². The van der Waals surface area contributed by atoms with Crippen LogP contribution < -0.4 is 26.0 Å². The molecule has 1 fully saturated rings. The number of aryl methyl sites for hydroxylation is 1. The highest BCUT2D eigenvalue weighted by Crippen LogP contribution is 2.29. The van der Waals surface area contributed by atoms with Crippen LogP contribution in [0.2, 0.25) is 0 Å². The second kappa shape index (κ2) is 20.0. The standard InChI is InChI=1S/C42H48N4O10/c1-2-10-32(38(49)40(51)43-25-35(48)46-36(41(52)53)28-12-5-3-6-13-28)44-39(50)33-24-27-11-9-16-31(23-27)55-30-20-17-26(18-21-30)19-22-34(47)45-37(42(54)56-33)29-14-7-4-8-15-29/h3,5-6,9,11-13,16-18,20-21,23,29,32-33,36-37H,2,4,7-8,10,14-15,19,22,24-25H2,1H3,(H,43,51)(H,44,50)(H,45,47)(H,46,48)(H,52,53)/t32?,33-,36-,37-/m0/s1. The van der Waals surface area contributed by atoms with Gasteiger partial charge in [-0.1, -0.05) is 87.2 Å². The first-order chi connectivity index (χ1) is 27.0. The fourth-order valence-electron chi connectivity index (χ4n) is 6.93. The van der Waals surface area contributed by atoms with Gasteiger partial charge in [-0.2, -0.15) is 0 Å². The van der Waals surface area contributed by atoms with Crippen LogP contribution >= 0.6 is 0 Å². The molecule has 1 saturated carbocycles. The van der Waals surface area contributed by atoms with E-state index in [2.05, 4.69) is 21.3 Å². The summed E-state index contributed by atoms with van der Waals surface area (Å²) in [5, 5.41) is 19.6. The zero-order valence-electron chi connectivity index (χ0n) is 31.3. The topological polar surface area (TPSA) is 206 Å². The number of carbonyl (C=O) groups excluding carboxylic acids is 6. The zero-order chi connectivity index (χ0) is 40.0. The van der Waals surface area contributed by atoms with Crippen LogP contribution in [0.4, 0.5) is 0 Å². The van der Waals surface area contributed by atoms with Gasteiger partial charge in [0.2, 0.25) is 17.6 Å². The predicted molar refractivity (Wildman–Crippen MR) is 203 cm³/mol. The molecule has 3 aliphatic rings. The number of carboxylic acids is 1. The van der Waals surface area contributed by atoms with Crippen LogP contribution in [0.5, 0.6) is 11.5 Å². The molecule has 4 amide bonds.